The average molecular weight is 545 g/mol. The summed E-state index contributed by atoms with van der Waals surface area (Å²) in [6.07, 6.45) is 11.7. The number of hydrogen-bond donors (Lipinski definition) is 0. The van der Waals surface area contributed by atoms with Gasteiger partial charge in [-0.1, -0.05) is 102 Å². The van der Waals surface area contributed by atoms with E-state index in [4.69, 9.17) is 14.2 Å². The highest BCUT2D eigenvalue weighted by Gasteiger charge is 2.19. The Morgan fingerprint density at radius 2 is 1.27 bits per heavy atom. The van der Waals surface area contributed by atoms with Crippen molar-refractivity contribution in [2.24, 2.45) is 0 Å². The Kier molecular flexibility index (Phi) is 13.3. The van der Waals surface area contributed by atoms with Crippen LogP contribution < -0.4 is 9.47 Å². The number of ether oxygens (including phenoxy) is 3. The first-order valence-corrected chi connectivity index (χ1v) is 14.9. The third-order valence-corrected chi connectivity index (χ3v) is 6.89. The normalized spacial score (nSPS) is 11.6. The van der Waals surface area contributed by atoms with Gasteiger partial charge in [0.2, 0.25) is 0 Å². The van der Waals surface area contributed by atoms with Crippen LogP contribution >= 0.6 is 0 Å². The third-order valence-electron chi connectivity index (χ3n) is 6.89. The molecule has 0 bridgehead atoms. The molecule has 5 heteroatoms. The highest BCUT2D eigenvalue weighted by molar-refractivity contribution is 5.96. The molecule has 0 N–H and O–H groups in total. The van der Waals surface area contributed by atoms with Crippen molar-refractivity contribution in [3.05, 3.63) is 83.9 Å². The second kappa shape index (κ2) is 17.2. The van der Waals surface area contributed by atoms with Crippen molar-refractivity contribution in [3.8, 4) is 22.6 Å². The lowest BCUT2D eigenvalue weighted by Gasteiger charge is -2.14. The van der Waals surface area contributed by atoms with Gasteiger partial charge in [0, 0.05) is 0 Å². The lowest BCUT2D eigenvalue weighted by molar-refractivity contribution is 0.0319. The molecule has 0 aliphatic heterocycles. The topological polar surface area (TPSA) is 61.8 Å². The van der Waals surface area contributed by atoms with Gasteiger partial charge in [0.1, 0.15) is 17.1 Å². The Bertz CT molecular complexity index is 1170. The molecule has 40 heavy (non-hydrogen) atoms. The van der Waals surface area contributed by atoms with Crippen molar-refractivity contribution in [1.29, 1.82) is 0 Å². The minimum absolute atomic E-state index is 0.188. The van der Waals surface area contributed by atoms with Crippen LogP contribution in [0.2, 0.25) is 0 Å². The summed E-state index contributed by atoms with van der Waals surface area (Å²) < 4.78 is 17.0. The first-order chi connectivity index (χ1) is 19.5. The van der Waals surface area contributed by atoms with Crippen molar-refractivity contribution < 1.29 is 23.8 Å². The molecule has 0 heterocycles. The van der Waals surface area contributed by atoms with E-state index in [-0.39, 0.29) is 17.4 Å². The molecule has 3 aromatic carbocycles. The van der Waals surface area contributed by atoms with Crippen LogP contribution in [0.15, 0.2) is 72.8 Å². The zero-order valence-electron chi connectivity index (χ0n) is 24.3. The number of rotatable bonds is 17. The molecule has 0 radical (unpaired) electrons. The average Bonchev–Trinajstić information content (AvgIpc) is 2.97. The number of benzene rings is 3. The minimum atomic E-state index is -0.530. The summed E-state index contributed by atoms with van der Waals surface area (Å²) in [5.74, 6) is 0.0315. The van der Waals surface area contributed by atoms with Crippen LogP contribution in [0.25, 0.3) is 11.1 Å². The molecule has 0 spiro atoms. The van der Waals surface area contributed by atoms with Gasteiger partial charge in [0.25, 0.3) is 0 Å². The predicted octanol–water partition coefficient (Wildman–Crippen LogP) is 9.44. The van der Waals surface area contributed by atoms with E-state index in [2.05, 4.69) is 6.92 Å². The fourth-order valence-corrected chi connectivity index (χ4v) is 4.56. The van der Waals surface area contributed by atoms with E-state index in [0.29, 0.717) is 5.56 Å². The van der Waals surface area contributed by atoms with Crippen molar-refractivity contribution in [1.82, 2.24) is 0 Å². The Labute approximate surface area is 239 Å². The monoisotopic (exact) mass is 544 g/mol. The van der Waals surface area contributed by atoms with Crippen LogP contribution in [0.5, 0.6) is 11.5 Å². The van der Waals surface area contributed by atoms with Crippen LogP contribution in [0, 0.1) is 0 Å². The first-order valence-electron chi connectivity index (χ1n) is 14.9. The van der Waals surface area contributed by atoms with Crippen molar-refractivity contribution in [2.45, 2.75) is 91.1 Å². The smallest absolute Gasteiger partial charge is 0.343 e. The molecule has 0 saturated heterocycles. The maximum absolute atomic E-state index is 12.8. The zero-order valence-corrected chi connectivity index (χ0v) is 24.3. The number of para-hydroxylation sites is 1. The molecular weight excluding hydrogens is 500 g/mol. The highest BCUT2D eigenvalue weighted by atomic mass is 16.6. The largest absolute Gasteiger partial charge is 0.494 e. The van der Waals surface area contributed by atoms with Gasteiger partial charge < -0.3 is 14.2 Å². The molecule has 3 rings (SSSR count). The van der Waals surface area contributed by atoms with Gasteiger partial charge in [-0.2, -0.15) is 0 Å². The quantitative estimate of drug-likeness (QED) is 0.0962. The summed E-state index contributed by atoms with van der Waals surface area (Å²) in [6, 6.07) is 21.9. The van der Waals surface area contributed by atoms with Gasteiger partial charge in [0.05, 0.1) is 18.3 Å². The fraction of sp³-hybridized carbons (Fsp3) is 0.429. The second-order valence-electron chi connectivity index (χ2n) is 10.3. The molecule has 214 valence electrons. The van der Waals surface area contributed by atoms with Crippen LogP contribution in [0.1, 0.15) is 106 Å². The summed E-state index contributed by atoms with van der Waals surface area (Å²) in [5.41, 5.74) is 2.66. The number of unbranched alkanes of at least 4 members (excludes halogenated alkanes) is 7. The molecule has 1 atom stereocenters. The highest BCUT2D eigenvalue weighted by Crippen LogP contribution is 2.25. The van der Waals surface area contributed by atoms with Crippen LogP contribution in [-0.2, 0) is 4.74 Å². The van der Waals surface area contributed by atoms with E-state index in [1.807, 2.05) is 50.2 Å². The maximum atomic E-state index is 12.8. The van der Waals surface area contributed by atoms with Gasteiger partial charge in [-0.25, -0.2) is 9.59 Å². The lowest BCUT2D eigenvalue weighted by Crippen LogP contribution is -2.17. The number of carbonyl (C=O) groups is 2. The van der Waals surface area contributed by atoms with E-state index in [9.17, 15) is 9.59 Å². The molecule has 0 aliphatic carbocycles. The fourth-order valence-electron chi connectivity index (χ4n) is 4.56. The number of carbonyl (C=O) groups excluding carboxylic acids is 2. The van der Waals surface area contributed by atoms with Crippen molar-refractivity contribution in [2.75, 3.05) is 6.61 Å². The molecule has 0 aliphatic rings. The summed E-state index contributed by atoms with van der Waals surface area (Å²) in [7, 11) is 0. The van der Waals surface area contributed by atoms with E-state index in [0.717, 1.165) is 42.7 Å². The van der Waals surface area contributed by atoms with Gasteiger partial charge in [-0.15, -0.1) is 0 Å². The first kappa shape index (κ1) is 30.9. The van der Waals surface area contributed by atoms with E-state index in [1.54, 1.807) is 36.4 Å². The van der Waals surface area contributed by atoms with Gasteiger partial charge >= 0.3 is 11.9 Å². The van der Waals surface area contributed by atoms with Crippen molar-refractivity contribution in [3.63, 3.8) is 0 Å². The molecule has 0 aromatic heterocycles. The van der Waals surface area contributed by atoms with Gasteiger partial charge in [-0.05, 0) is 67.3 Å². The van der Waals surface area contributed by atoms with Crippen LogP contribution in [0.3, 0.4) is 0 Å². The Morgan fingerprint density at radius 3 is 1.93 bits per heavy atom. The molecule has 0 amide bonds. The second-order valence-corrected chi connectivity index (χ2v) is 10.3. The van der Waals surface area contributed by atoms with Gasteiger partial charge in [0.15, 0.2) is 0 Å². The Balaban J connectivity index is 1.49. The molecule has 5 nitrogen and oxygen atoms in total. The molecular formula is C35H44O5. The summed E-state index contributed by atoms with van der Waals surface area (Å²) in [4.78, 5) is 25.5. The lowest BCUT2D eigenvalue weighted by atomic mass is 10.0. The maximum Gasteiger partial charge on any atom is 0.343 e. The van der Waals surface area contributed by atoms with Gasteiger partial charge in [-0.3, -0.25) is 0 Å². The van der Waals surface area contributed by atoms with E-state index < -0.39 is 11.9 Å². The molecule has 0 fully saturated rings. The minimum Gasteiger partial charge on any atom is -0.494 e. The van der Waals surface area contributed by atoms with E-state index in [1.165, 1.54) is 44.9 Å². The Morgan fingerprint density at radius 1 is 0.675 bits per heavy atom. The number of esters is 2. The third kappa shape index (κ3) is 10.2. The molecule has 1 unspecified atom stereocenters. The Hall–Kier alpha value is -3.60. The van der Waals surface area contributed by atoms with Crippen LogP contribution in [0.4, 0.5) is 0 Å². The molecule has 0 saturated carbocycles. The number of hydrogen-bond acceptors (Lipinski definition) is 5. The van der Waals surface area contributed by atoms with E-state index >= 15 is 0 Å². The van der Waals surface area contributed by atoms with Crippen LogP contribution in [-0.4, -0.2) is 24.6 Å². The summed E-state index contributed by atoms with van der Waals surface area (Å²) >= 11 is 0. The summed E-state index contributed by atoms with van der Waals surface area (Å²) in [6.45, 7) is 6.88. The van der Waals surface area contributed by atoms with Crippen molar-refractivity contribution >= 4 is 11.9 Å². The predicted molar refractivity (Wildman–Crippen MR) is 161 cm³/mol. The standard InChI is InChI=1S/C35H44O5/c1-4-6-7-8-9-10-11-14-26-38-31-24-22-29(23-25-31)28-18-20-30(21-19-28)34(36)40-33-17-13-12-16-32(33)35(37)39-27(3)15-5-2/h12-13,16-25,27H,4-11,14-15,26H2,1-3H3. The summed E-state index contributed by atoms with van der Waals surface area (Å²) in [5, 5.41) is 0. The SMILES string of the molecule is CCCCCCCCCCOc1ccc(-c2ccc(C(=O)Oc3ccccc3C(=O)OC(C)CCC)cc2)cc1. The molecule has 3 aromatic rings. The zero-order chi connectivity index (χ0) is 28.6.